The zero-order valence-corrected chi connectivity index (χ0v) is 11.2. The van der Waals surface area contributed by atoms with Gasteiger partial charge >= 0.3 is 0 Å². The van der Waals surface area contributed by atoms with E-state index in [4.69, 9.17) is 11.6 Å². The molecule has 1 aromatic carbocycles. The van der Waals surface area contributed by atoms with Crippen molar-refractivity contribution >= 4 is 11.6 Å². The van der Waals surface area contributed by atoms with Crippen LogP contribution in [0.15, 0.2) is 30.5 Å². The number of hydrogen-bond acceptors (Lipinski definition) is 2. The van der Waals surface area contributed by atoms with E-state index in [2.05, 4.69) is 4.98 Å². The number of aryl methyl sites for hydroxylation is 1. The summed E-state index contributed by atoms with van der Waals surface area (Å²) in [5.41, 5.74) is 1.73. The van der Waals surface area contributed by atoms with Crippen molar-refractivity contribution in [3.63, 3.8) is 0 Å². The van der Waals surface area contributed by atoms with Crippen molar-refractivity contribution in [1.82, 2.24) is 4.98 Å². The number of nitrogens with zero attached hydrogens (tertiary/aromatic N) is 1. The van der Waals surface area contributed by atoms with Crippen molar-refractivity contribution in [2.75, 3.05) is 0 Å². The van der Waals surface area contributed by atoms with Crippen LogP contribution in [0.2, 0.25) is 5.02 Å². The van der Waals surface area contributed by atoms with Gasteiger partial charge in [0.05, 0.1) is 11.1 Å². The molecule has 2 nitrogen and oxygen atoms in total. The lowest BCUT2D eigenvalue weighted by atomic mass is 9.93. The summed E-state index contributed by atoms with van der Waals surface area (Å²) in [7, 11) is 0. The zero-order chi connectivity index (χ0) is 14.3. The molecule has 104 valence electrons. The largest absolute Gasteiger partial charge is 0.388 e. The smallest absolute Gasteiger partial charge is 0.142 e. The van der Waals surface area contributed by atoms with Crippen molar-refractivity contribution in [1.29, 1.82) is 0 Å². The standard InChI is InChI=1S/C15H12ClF2NO/c16-11-7-12(17)10(6-13(11)18)15(20)9-4-3-8-2-1-5-19-14(8)9/h1-2,5-7,9,15,20H,3-4H2. The van der Waals surface area contributed by atoms with Gasteiger partial charge in [0.25, 0.3) is 0 Å². The van der Waals surface area contributed by atoms with Gasteiger partial charge in [0, 0.05) is 23.4 Å². The first-order valence-electron chi connectivity index (χ1n) is 6.34. The minimum Gasteiger partial charge on any atom is -0.388 e. The van der Waals surface area contributed by atoms with Crippen LogP contribution in [0.25, 0.3) is 0 Å². The van der Waals surface area contributed by atoms with E-state index >= 15 is 0 Å². The average Bonchev–Trinajstić information content (AvgIpc) is 2.86. The van der Waals surface area contributed by atoms with E-state index in [-0.39, 0.29) is 16.5 Å². The van der Waals surface area contributed by atoms with Crippen LogP contribution < -0.4 is 0 Å². The Balaban J connectivity index is 1.98. The topological polar surface area (TPSA) is 33.1 Å². The average molecular weight is 296 g/mol. The molecule has 0 spiro atoms. The Morgan fingerprint density at radius 1 is 1.30 bits per heavy atom. The lowest BCUT2D eigenvalue weighted by Crippen LogP contribution is -2.11. The van der Waals surface area contributed by atoms with Gasteiger partial charge in [0.2, 0.25) is 0 Å². The van der Waals surface area contributed by atoms with E-state index in [9.17, 15) is 13.9 Å². The maximum absolute atomic E-state index is 13.9. The number of benzene rings is 1. The van der Waals surface area contributed by atoms with Gasteiger partial charge < -0.3 is 5.11 Å². The maximum atomic E-state index is 13.9. The Hall–Kier alpha value is -1.52. The van der Waals surface area contributed by atoms with Gasteiger partial charge in [-0.15, -0.1) is 0 Å². The van der Waals surface area contributed by atoms with Crippen LogP contribution in [0.1, 0.15) is 35.3 Å². The summed E-state index contributed by atoms with van der Waals surface area (Å²) in [5.74, 6) is -1.75. The molecule has 0 fully saturated rings. The molecule has 2 atom stereocenters. The summed E-state index contributed by atoms with van der Waals surface area (Å²) in [6, 6.07) is 5.62. The molecule has 1 N–H and O–H groups in total. The Morgan fingerprint density at radius 3 is 2.90 bits per heavy atom. The Labute approximate surface area is 120 Å². The van der Waals surface area contributed by atoms with Crippen LogP contribution in [0, 0.1) is 11.6 Å². The SMILES string of the molecule is OC(c1cc(F)c(Cl)cc1F)C1CCc2cccnc21. The van der Waals surface area contributed by atoms with Crippen molar-refractivity contribution in [2.45, 2.75) is 24.9 Å². The minimum absolute atomic E-state index is 0.0737. The van der Waals surface area contributed by atoms with Gasteiger partial charge in [-0.3, -0.25) is 4.98 Å². The molecule has 0 saturated heterocycles. The van der Waals surface area contributed by atoms with Crippen molar-refractivity contribution in [2.24, 2.45) is 0 Å². The number of halogens is 3. The summed E-state index contributed by atoms with van der Waals surface area (Å²) in [6.45, 7) is 0. The highest BCUT2D eigenvalue weighted by molar-refractivity contribution is 6.30. The lowest BCUT2D eigenvalue weighted by Gasteiger charge is -2.19. The van der Waals surface area contributed by atoms with Crippen molar-refractivity contribution < 1.29 is 13.9 Å². The van der Waals surface area contributed by atoms with Crippen molar-refractivity contribution in [3.05, 3.63) is 63.9 Å². The number of pyridine rings is 1. The second kappa shape index (κ2) is 5.11. The second-order valence-electron chi connectivity index (χ2n) is 4.93. The van der Waals surface area contributed by atoms with Crippen LogP contribution >= 0.6 is 11.6 Å². The fourth-order valence-electron chi connectivity index (χ4n) is 2.73. The number of rotatable bonds is 2. The fraction of sp³-hybridized carbons (Fsp3) is 0.267. The molecule has 0 saturated carbocycles. The molecule has 1 heterocycles. The monoisotopic (exact) mass is 295 g/mol. The summed E-state index contributed by atoms with van der Waals surface area (Å²) >= 11 is 5.52. The number of aromatic nitrogens is 1. The first kappa shape index (κ1) is 13.5. The van der Waals surface area contributed by atoms with Gasteiger partial charge in [-0.05, 0) is 36.6 Å². The van der Waals surface area contributed by atoms with Gasteiger partial charge in [0.15, 0.2) is 0 Å². The van der Waals surface area contributed by atoms with E-state index in [1.807, 2.05) is 12.1 Å². The van der Waals surface area contributed by atoms with Crippen molar-refractivity contribution in [3.8, 4) is 0 Å². The van der Waals surface area contributed by atoms with Crippen LogP contribution in [0.5, 0.6) is 0 Å². The molecular formula is C15H12ClF2NO. The van der Waals surface area contributed by atoms with E-state index in [1.54, 1.807) is 6.20 Å². The quantitative estimate of drug-likeness (QED) is 0.855. The van der Waals surface area contributed by atoms with Crippen LogP contribution in [0.4, 0.5) is 8.78 Å². The minimum atomic E-state index is -1.13. The predicted molar refractivity (Wildman–Crippen MR) is 71.6 cm³/mol. The molecule has 0 radical (unpaired) electrons. The number of hydrogen-bond donors (Lipinski definition) is 1. The normalized spacial score (nSPS) is 18.9. The predicted octanol–water partition coefficient (Wildman–Crippen LogP) is 3.78. The summed E-state index contributed by atoms with van der Waals surface area (Å²) < 4.78 is 27.4. The molecule has 1 aliphatic rings. The first-order valence-corrected chi connectivity index (χ1v) is 6.72. The molecule has 1 aliphatic carbocycles. The van der Waals surface area contributed by atoms with Crippen LogP contribution in [-0.4, -0.2) is 10.1 Å². The fourth-order valence-corrected chi connectivity index (χ4v) is 2.88. The van der Waals surface area contributed by atoms with Gasteiger partial charge in [-0.25, -0.2) is 8.78 Å². The molecule has 1 aromatic heterocycles. The molecule has 0 bridgehead atoms. The molecule has 0 aliphatic heterocycles. The van der Waals surface area contributed by atoms with E-state index in [1.165, 1.54) is 0 Å². The van der Waals surface area contributed by atoms with Crippen LogP contribution in [-0.2, 0) is 6.42 Å². The molecule has 5 heteroatoms. The van der Waals surface area contributed by atoms with E-state index in [0.717, 1.165) is 29.8 Å². The maximum Gasteiger partial charge on any atom is 0.142 e. The molecule has 2 aromatic rings. The highest BCUT2D eigenvalue weighted by Crippen LogP contribution is 2.41. The highest BCUT2D eigenvalue weighted by atomic mass is 35.5. The third-order valence-corrected chi connectivity index (χ3v) is 4.03. The second-order valence-corrected chi connectivity index (χ2v) is 5.33. The third kappa shape index (κ3) is 2.19. The Bertz CT molecular complexity index is 662. The van der Waals surface area contributed by atoms with Gasteiger partial charge in [-0.1, -0.05) is 17.7 Å². The molecule has 2 unspecified atom stereocenters. The van der Waals surface area contributed by atoms with Gasteiger partial charge in [0.1, 0.15) is 11.6 Å². The van der Waals surface area contributed by atoms with Gasteiger partial charge in [-0.2, -0.15) is 0 Å². The molecule has 20 heavy (non-hydrogen) atoms. The summed E-state index contributed by atoms with van der Waals surface area (Å²) in [5, 5.41) is 10.1. The Kier molecular flexibility index (Phi) is 3.44. The summed E-state index contributed by atoms with van der Waals surface area (Å²) in [6.07, 6.45) is 1.96. The van der Waals surface area contributed by atoms with E-state index < -0.39 is 17.7 Å². The third-order valence-electron chi connectivity index (χ3n) is 3.74. The van der Waals surface area contributed by atoms with Crippen LogP contribution in [0.3, 0.4) is 0 Å². The zero-order valence-electron chi connectivity index (χ0n) is 10.5. The number of aliphatic hydroxyl groups excluding tert-OH is 1. The molecule has 3 rings (SSSR count). The highest BCUT2D eigenvalue weighted by Gasteiger charge is 2.32. The number of aliphatic hydroxyl groups is 1. The first-order chi connectivity index (χ1) is 9.58. The molecule has 0 amide bonds. The molecular weight excluding hydrogens is 284 g/mol. The number of fused-ring (bicyclic) bond motifs is 1. The lowest BCUT2D eigenvalue weighted by molar-refractivity contribution is 0.138. The van der Waals surface area contributed by atoms with E-state index in [0.29, 0.717) is 6.42 Å². The Morgan fingerprint density at radius 2 is 2.10 bits per heavy atom. The summed E-state index contributed by atoms with van der Waals surface area (Å²) in [4.78, 5) is 4.25.